The van der Waals surface area contributed by atoms with Crippen molar-refractivity contribution in [3.63, 3.8) is 0 Å². The molecule has 17 heavy (non-hydrogen) atoms. The Morgan fingerprint density at radius 1 is 1.41 bits per heavy atom. The highest BCUT2D eigenvalue weighted by molar-refractivity contribution is 9.10. The van der Waals surface area contributed by atoms with E-state index in [9.17, 15) is 0 Å². The summed E-state index contributed by atoms with van der Waals surface area (Å²) in [6.07, 6.45) is 3.18. The Kier molecular flexibility index (Phi) is 3.89. The fraction of sp³-hybridized carbons (Fsp3) is 0.429. The second-order valence-corrected chi connectivity index (χ2v) is 5.62. The molecule has 0 aliphatic rings. The van der Waals surface area contributed by atoms with Gasteiger partial charge in [0.05, 0.1) is 0 Å². The van der Waals surface area contributed by atoms with E-state index in [1.165, 1.54) is 22.2 Å². The number of hydrogen-bond acceptors (Lipinski definition) is 1. The number of hydrogen-bond donors (Lipinski definition) is 2. The number of aryl methyl sites for hydroxylation is 1. The Bertz CT molecular complexity index is 514. The molecule has 2 nitrogen and oxygen atoms in total. The van der Waals surface area contributed by atoms with Crippen LogP contribution in [0.15, 0.2) is 22.7 Å². The van der Waals surface area contributed by atoms with E-state index in [1.807, 2.05) is 0 Å². The Hall–Kier alpha value is -0.800. The summed E-state index contributed by atoms with van der Waals surface area (Å²) in [4.78, 5) is 3.52. The average Bonchev–Trinajstić information content (AvgIpc) is 2.57. The van der Waals surface area contributed by atoms with Gasteiger partial charge in [-0.25, -0.2) is 0 Å². The molecule has 92 valence electrons. The maximum Gasteiger partial charge on any atom is 0.0459 e. The Morgan fingerprint density at radius 3 is 2.82 bits per heavy atom. The van der Waals surface area contributed by atoms with Crippen molar-refractivity contribution in [1.29, 1.82) is 0 Å². The highest BCUT2D eigenvalue weighted by atomic mass is 79.9. The number of H-pyrrole nitrogens is 1. The van der Waals surface area contributed by atoms with E-state index in [1.54, 1.807) is 0 Å². The van der Waals surface area contributed by atoms with Gasteiger partial charge in [-0.15, -0.1) is 0 Å². The van der Waals surface area contributed by atoms with Crippen LogP contribution in [0.2, 0.25) is 0 Å². The van der Waals surface area contributed by atoms with Crippen LogP contribution in [0.3, 0.4) is 0 Å². The van der Waals surface area contributed by atoms with Crippen LogP contribution in [0.25, 0.3) is 10.9 Å². The molecule has 1 aromatic heterocycles. The molecular weight excluding hydrogens is 276 g/mol. The summed E-state index contributed by atoms with van der Waals surface area (Å²) in [6, 6.07) is 6.58. The molecule has 0 radical (unpaired) electrons. The van der Waals surface area contributed by atoms with E-state index in [0.29, 0.717) is 0 Å². The lowest BCUT2D eigenvalue weighted by atomic mass is 10.0. The minimum Gasteiger partial charge on any atom is -0.358 e. The van der Waals surface area contributed by atoms with Gasteiger partial charge in [0, 0.05) is 27.1 Å². The van der Waals surface area contributed by atoms with Crippen molar-refractivity contribution in [2.75, 3.05) is 0 Å². The monoisotopic (exact) mass is 294 g/mol. The van der Waals surface area contributed by atoms with Crippen molar-refractivity contribution in [1.82, 2.24) is 4.98 Å². The van der Waals surface area contributed by atoms with Crippen molar-refractivity contribution in [2.45, 2.75) is 39.2 Å². The summed E-state index contributed by atoms with van der Waals surface area (Å²) >= 11 is 3.54. The highest BCUT2D eigenvalue weighted by Gasteiger charge is 2.12. The van der Waals surface area contributed by atoms with Crippen molar-refractivity contribution >= 4 is 26.8 Å². The predicted octanol–water partition coefficient (Wildman–Crippen LogP) is 3.77. The maximum absolute atomic E-state index is 5.95. The van der Waals surface area contributed by atoms with Gasteiger partial charge in [0.1, 0.15) is 0 Å². The third-order valence-corrected chi connectivity index (χ3v) is 3.48. The first-order valence-corrected chi connectivity index (χ1v) is 6.95. The fourth-order valence-electron chi connectivity index (χ4n) is 2.29. The molecule has 2 rings (SSSR count). The van der Waals surface area contributed by atoms with Gasteiger partial charge in [-0.1, -0.05) is 29.3 Å². The van der Waals surface area contributed by atoms with Crippen LogP contribution < -0.4 is 5.73 Å². The zero-order valence-electron chi connectivity index (χ0n) is 10.4. The van der Waals surface area contributed by atoms with Crippen LogP contribution in [0.5, 0.6) is 0 Å². The van der Waals surface area contributed by atoms with Gasteiger partial charge in [0.2, 0.25) is 0 Å². The normalized spacial score (nSPS) is 13.2. The zero-order chi connectivity index (χ0) is 12.4. The minimum atomic E-state index is 0.198. The largest absolute Gasteiger partial charge is 0.358 e. The Morgan fingerprint density at radius 2 is 2.18 bits per heavy atom. The molecule has 3 N–H and O–H groups in total. The average molecular weight is 295 g/mol. The molecule has 0 saturated carbocycles. The fourth-order valence-corrected chi connectivity index (χ4v) is 2.66. The number of aromatic nitrogens is 1. The zero-order valence-corrected chi connectivity index (χ0v) is 12.0. The van der Waals surface area contributed by atoms with E-state index >= 15 is 0 Å². The number of halogens is 1. The molecule has 0 aliphatic heterocycles. The number of nitrogens with two attached hydrogens (primary N) is 1. The highest BCUT2D eigenvalue weighted by Crippen LogP contribution is 2.27. The first-order chi connectivity index (χ1) is 8.11. The van der Waals surface area contributed by atoms with Gasteiger partial charge in [-0.05, 0) is 43.5 Å². The first-order valence-electron chi connectivity index (χ1n) is 6.16. The van der Waals surface area contributed by atoms with E-state index < -0.39 is 0 Å². The molecule has 0 saturated heterocycles. The van der Waals surface area contributed by atoms with E-state index in [0.717, 1.165) is 23.7 Å². The molecular formula is C14H19BrN2. The molecule has 1 heterocycles. The molecule has 2 aromatic rings. The van der Waals surface area contributed by atoms with Crippen LogP contribution in [-0.4, -0.2) is 11.0 Å². The van der Waals surface area contributed by atoms with Crippen molar-refractivity contribution in [2.24, 2.45) is 5.73 Å². The van der Waals surface area contributed by atoms with Crippen molar-refractivity contribution in [3.8, 4) is 0 Å². The van der Waals surface area contributed by atoms with Crippen LogP contribution in [-0.2, 0) is 12.8 Å². The van der Waals surface area contributed by atoms with Gasteiger partial charge >= 0.3 is 0 Å². The Labute approximate surface area is 111 Å². The molecule has 0 aliphatic carbocycles. The minimum absolute atomic E-state index is 0.198. The molecule has 0 amide bonds. The topological polar surface area (TPSA) is 41.8 Å². The standard InChI is InChI=1S/C14H19BrN2/c1-3-4-13-11(7-9(2)16)12-8-10(15)5-6-14(12)17-13/h5-6,8-9,17H,3-4,7,16H2,1-2H3. The number of nitrogens with one attached hydrogen (secondary N) is 1. The second kappa shape index (κ2) is 5.23. The summed E-state index contributed by atoms with van der Waals surface area (Å²) in [7, 11) is 0. The van der Waals surface area contributed by atoms with Crippen LogP contribution in [0.4, 0.5) is 0 Å². The number of rotatable bonds is 4. The number of fused-ring (bicyclic) bond motifs is 1. The maximum atomic E-state index is 5.95. The van der Waals surface area contributed by atoms with E-state index in [-0.39, 0.29) is 6.04 Å². The van der Waals surface area contributed by atoms with Gasteiger partial charge in [-0.3, -0.25) is 0 Å². The van der Waals surface area contributed by atoms with Gasteiger partial charge in [0.25, 0.3) is 0 Å². The lowest BCUT2D eigenvalue weighted by Gasteiger charge is -2.07. The van der Waals surface area contributed by atoms with Crippen LogP contribution >= 0.6 is 15.9 Å². The molecule has 3 heteroatoms. The lowest BCUT2D eigenvalue weighted by Crippen LogP contribution is -2.18. The van der Waals surface area contributed by atoms with Gasteiger partial charge in [0.15, 0.2) is 0 Å². The molecule has 0 fully saturated rings. The van der Waals surface area contributed by atoms with Crippen LogP contribution in [0, 0.1) is 0 Å². The number of aromatic amines is 1. The molecule has 1 aromatic carbocycles. The first kappa shape index (κ1) is 12.7. The second-order valence-electron chi connectivity index (χ2n) is 4.70. The summed E-state index contributed by atoms with van der Waals surface area (Å²) in [5.41, 5.74) is 9.90. The molecule has 1 atom stereocenters. The molecule has 0 spiro atoms. The Balaban J connectivity index is 2.55. The summed E-state index contributed by atoms with van der Waals surface area (Å²) in [6.45, 7) is 4.27. The van der Waals surface area contributed by atoms with E-state index in [4.69, 9.17) is 5.73 Å². The SMILES string of the molecule is CCCc1[nH]c2ccc(Br)cc2c1CC(C)N. The van der Waals surface area contributed by atoms with Crippen molar-refractivity contribution in [3.05, 3.63) is 33.9 Å². The number of benzene rings is 1. The van der Waals surface area contributed by atoms with Gasteiger partial charge in [-0.2, -0.15) is 0 Å². The third-order valence-electron chi connectivity index (χ3n) is 2.98. The lowest BCUT2D eigenvalue weighted by molar-refractivity contribution is 0.730. The quantitative estimate of drug-likeness (QED) is 0.885. The summed E-state index contributed by atoms with van der Waals surface area (Å²) in [5, 5.41) is 1.31. The molecule has 0 bridgehead atoms. The van der Waals surface area contributed by atoms with E-state index in [2.05, 4.69) is 53.0 Å². The summed E-state index contributed by atoms with van der Waals surface area (Å²) in [5.74, 6) is 0. The molecule has 1 unspecified atom stereocenters. The summed E-state index contributed by atoms with van der Waals surface area (Å²) < 4.78 is 1.12. The van der Waals surface area contributed by atoms with Crippen LogP contribution in [0.1, 0.15) is 31.5 Å². The van der Waals surface area contributed by atoms with Gasteiger partial charge < -0.3 is 10.7 Å². The third kappa shape index (κ3) is 2.72. The smallest absolute Gasteiger partial charge is 0.0459 e. The van der Waals surface area contributed by atoms with Crippen molar-refractivity contribution < 1.29 is 0 Å². The predicted molar refractivity (Wildman–Crippen MR) is 77.3 cm³/mol.